The molecular formula is C16H11F4NO. The summed E-state index contributed by atoms with van der Waals surface area (Å²) in [5.74, 6) is -6.88. The molecule has 0 fully saturated rings. The Morgan fingerprint density at radius 2 is 1.68 bits per heavy atom. The molecule has 0 saturated heterocycles. The zero-order chi connectivity index (χ0) is 16.0. The van der Waals surface area contributed by atoms with E-state index in [-0.39, 0.29) is 18.2 Å². The SMILES string of the molecule is CCc1ccc2c(c1)CC(=O)N2c1c(F)c(F)cc(F)c1F. The van der Waals surface area contributed by atoms with E-state index in [9.17, 15) is 22.4 Å². The summed E-state index contributed by atoms with van der Waals surface area (Å²) >= 11 is 0. The van der Waals surface area contributed by atoms with Gasteiger partial charge in [-0.25, -0.2) is 17.6 Å². The molecule has 1 amide bonds. The van der Waals surface area contributed by atoms with Crippen LogP contribution in [0.4, 0.5) is 28.9 Å². The molecule has 2 aromatic rings. The first-order valence-electron chi connectivity index (χ1n) is 6.71. The zero-order valence-corrected chi connectivity index (χ0v) is 11.6. The van der Waals surface area contributed by atoms with Gasteiger partial charge in [-0.3, -0.25) is 9.69 Å². The van der Waals surface area contributed by atoms with Crippen LogP contribution in [0.1, 0.15) is 18.1 Å². The van der Waals surface area contributed by atoms with Crippen LogP contribution >= 0.6 is 0 Å². The largest absolute Gasteiger partial charge is 0.274 e. The predicted octanol–water partition coefficient (Wildman–Crippen LogP) is 4.03. The van der Waals surface area contributed by atoms with E-state index in [1.807, 2.05) is 6.92 Å². The Morgan fingerprint density at radius 1 is 1.05 bits per heavy atom. The maximum Gasteiger partial charge on any atom is 0.236 e. The van der Waals surface area contributed by atoms with E-state index in [4.69, 9.17) is 0 Å². The van der Waals surface area contributed by atoms with Crippen LogP contribution in [0.25, 0.3) is 0 Å². The van der Waals surface area contributed by atoms with E-state index in [0.717, 1.165) is 12.0 Å². The number of anilines is 2. The van der Waals surface area contributed by atoms with Crippen molar-refractivity contribution in [3.05, 3.63) is 58.7 Å². The molecule has 0 bridgehead atoms. The fraction of sp³-hybridized carbons (Fsp3) is 0.188. The van der Waals surface area contributed by atoms with Crippen molar-refractivity contribution in [3.63, 3.8) is 0 Å². The van der Waals surface area contributed by atoms with Gasteiger partial charge in [0.2, 0.25) is 5.91 Å². The molecular weight excluding hydrogens is 298 g/mol. The predicted molar refractivity (Wildman–Crippen MR) is 72.9 cm³/mol. The minimum atomic E-state index is -1.58. The van der Waals surface area contributed by atoms with E-state index in [1.54, 1.807) is 12.1 Å². The number of hydrogen-bond donors (Lipinski definition) is 0. The molecule has 2 aromatic carbocycles. The average molecular weight is 309 g/mol. The molecule has 0 spiro atoms. The van der Waals surface area contributed by atoms with Crippen LogP contribution in [0.2, 0.25) is 0 Å². The molecule has 1 aliphatic rings. The topological polar surface area (TPSA) is 20.3 Å². The summed E-state index contributed by atoms with van der Waals surface area (Å²) in [6.45, 7) is 1.93. The molecule has 22 heavy (non-hydrogen) atoms. The van der Waals surface area contributed by atoms with Crippen LogP contribution in [-0.2, 0) is 17.6 Å². The molecule has 0 unspecified atom stereocenters. The average Bonchev–Trinajstić information content (AvgIpc) is 2.81. The lowest BCUT2D eigenvalue weighted by Crippen LogP contribution is -2.24. The van der Waals surface area contributed by atoms with Crippen molar-refractivity contribution in [3.8, 4) is 0 Å². The van der Waals surface area contributed by atoms with Crippen LogP contribution in [-0.4, -0.2) is 5.91 Å². The minimum absolute atomic E-state index is 0.0693. The van der Waals surface area contributed by atoms with Gasteiger partial charge in [0.15, 0.2) is 23.3 Å². The standard InChI is InChI=1S/C16H11F4NO/c1-2-8-3-4-12-9(5-8)6-13(22)21(12)16-14(19)10(17)7-11(18)15(16)20/h3-5,7H,2,6H2,1H3. The summed E-state index contributed by atoms with van der Waals surface area (Å²) in [4.78, 5) is 12.8. The van der Waals surface area contributed by atoms with Crippen LogP contribution in [0, 0.1) is 23.3 Å². The number of rotatable bonds is 2. The van der Waals surface area contributed by atoms with Gasteiger partial charge in [0, 0.05) is 6.07 Å². The second-order valence-electron chi connectivity index (χ2n) is 5.04. The number of nitrogens with zero attached hydrogens (tertiary/aromatic N) is 1. The second-order valence-corrected chi connectivity index (χ2v) is 5.04. The molecule has 114 valence electrons. The van der Waals surface area contributed by atoms with Crippen molar-refractivity contribution in [2.24, 2.45) is 0 Å². The number of halogens is 4. The summed E-state index contributed by atoms with van der Waals surface area (Å²) in [6.07, 6.45) is 0.666. The second kappa shape index (κ2) is 5.12. The molecule has 0 saturated carbocycles. The van der Waals surface area contributed by atoms with Gasteiger partial charge < -0.3 is 0 Å². The molecule has 6 heteroatoms. The molecule has 1 heterocycles. The van der Waals surface area contributed by atoms with E-state index >= 15 is 0 Å². The van der Waals surface area contributed by atoms with Crippen molar-refractivity contribution in [1.82, 2.24) is 0 Å². The number of fused-ring (bicyclic) bond motifs is 1. The third-order valence-electron chi connectivity index (χ3n) is 3.70. The highest BCUT2D eigenvalue weighted by molar-refractivity contribution is 6.07. The summed E-state index contributed by atoms with van der Waals surface area (Å²) in [6, 6.07) is 5.10. The molecule has 0 aliphatic carbocycles. The van der Waals surface area contributed by atoms with E-state index in [2.05, 4.69) is 0 Å². The van der Waals surface area contributed by atoms with Crippen molar-refractivity contribution in [2.45, 2.75) is 19.8 Å². The lowest BCUT2D eigenvalue weighted by molar-refractivity contribution is -0.116. The highest BCUT2D eigenvalue weighted by atomic mass is 19.2. The first-order valence-corrected chi connectivity index (χ1v) is 6.71. The van der Waals surface area contributed by atoms with Gasteiger partial charge in [0.1, 0.15) is 5.69 Å². The lowest BCUT2D eigenvalue weighted by atomic mass is 10.1. The Morgan fingerprint density at radius 3 is 2.27 bits per heavy atom. The van der Waals surface area contributed by atoms with Crippen molar-refractivity contribution in [2.75, 3.05) is 4.90 Å². The summed E-state index contributed by atoms with van der Waals surface area (Å²) in [5, 5.41) is 0. The number of aryl methyl sites for hydroxylation is 1. The lowest BCUT2D eigenvalue weighted by Gasteiger charge is -2.19. The number of carbonyl (C=O) groups excluding carboxylic acids is 1. The maximum absolute atomic E-state index is 13.9. The Kier molecular flexibility index (Phi) is 3.39. The molecule has 0 N–H and O–H groups in total. The first kappa shape index (κ1) is 14.6. The van der Waals surface area contributed by atoms with Crippen LogP contribution < -0.4 is 4.90 Å². The Bertz CT molecular complexity index is 762. The maximum atomic E-state index is 13.9. The highest BCUT2D eigenvalue weighted by Crippen LogP contribution is 2.39. The fourth-order valence-corrected chi connectivity index (χ4v) is 2.60. The summed E-state index contributed by atoms with van der Waals surface area (Å²) in [7, 11) is 0. The zero-order valence-electron chi connectivity index (χ0n) is 11.6. The van der Waals surface area contributed by atoms with E-state index in [0.29, 0.717) is 10.5 Å². The summed E-state index contributed by atoms with van der Waals surface area (Å²) < 4.78 is 54.6. The molecule has 2 nitrogen and oxygen atoms in total. The van der Waals surface area contributed by atoms with Gasteiger partial charge in [-0.15, -0.1) is 0 Å². The smallest absolute Gasteiger partial charge is 0.236 e. The Labute approximate surface area is 124 Å². The van der Waals surface area contributed by atoms with Gasteiger partial charge >= 0.3 is 0 Å². The molecule has 0 aromatic heterocycles. The van der Waals surface area contributed by atoms with Crippen LogP contribution in [0.3, 0.4) is 0 Å². The van der Waals surface area contributed by atoms with Crippen molar-refractivity contribution >= 4 is 17.3 Å². The van der Waals surface area contributed by atoms with Crippen LogP contribution in [0.15, 0.2) is 24.3 Å². The third-order valence-corrected chi connectivity index (χ3v) is 3.70. The quantitative estimate of drug-likeness (QED) is 0.606. The van der Waals surface area contributed by atoms with Crippen molar-refractivity contribution < 1.29 is 22.4 Å². The van der Waals surface area contributed by atoms with Crippen molar-refractivity contribution in [1.29, 1.82) is 0 Å². The van der Waals surface area contributed by atoms with Gasteiger partial charge in [0.25, 0.3) is 0 Å². The third kappa shape index (κ3) is 2.06. The molecule has 0 atom stereocenters. The highest BCUT2D eigenvalue weighted by Gasteiger charge is 2.34. The number of hydrogen-bond acceptors (Lipinski definition) is 1. The van der Waals surface area contributed by atoms with E-state index in [1.165, 1.54) is 6.07 Å². The van der Waals surface area contributed by atoms with Gasteiger partial charge in [-0.1, -0.05) is 19.1 Å². The normalized spacial score (nSPS) is 13.7. The summed E-state index contributed by atoms with van der Waals surface area (Å²) in [5.41, 5.74) is 0.767. The van der Waals surface area contributed by atoms with E-state index < -0.39 is 34.9 Å². The Balaban J connectivity index is 2.21. The van der Waals surface area contributed by atoms with Gasteiger partial charge in [0.05, 0.1) is 12.1 Å². The Hall–Kier alpha value is -2.37. The number of benzene rings is 2. The van der Waals surface area contributed by atoms with Gasteiger partial charge in [-0.05, 0) is 23.6 Å². The molecule has 1 aliphatic heterocycles. The van der Waals surface area contributed by atoms with Gasteiger partial charge in [-0.2, -0.15) is 0 Å². The monoisotopic (exact) mass is 309 g/mol. The minimum Gasteiger partial charge on any atom is -0.274 e. The van der Waals surface area contributed by atoms with Crippen LogP contribution in [0.5, 0.6) is 0 Å². The fourth-order valence-electron chi connectivity index (χ4n) is 2.60. The first-order chi connectivity index (χ1) is 10.4. The number of amides is 1. The number of carbonyl (C=O) groups is 1. The molecule has 0 radical (unpaired) electrons. The molecule has 3 rings (SSSR count).